The van der Waals surface area contributed by atoms with Crippen LogP contribution in [0.15, 0.2) is 37.9 Å². The van der Waals surface area contributed by atoms with Gasteiger partial charge in [-0.05, 0) is 24.4 Å². The minimum atomic E-state index is 0.649. The number of rotatable bonds is 4. The molecule has 18 heavy (non-hydrogen) atoms. The average molecular weight is 276 g/mol. The second kappa shape index (κ2) is 5.16. The van der Waals surface area contributed by atoms with Gasteiger partial charge in [0.05, 0.1) is 0 Å². The summed E-state index contributed by atoms with van der Waals surface area (Å²) in [6.45, 7) is 7.35. The first-order valence-corrected chi connectivity index (χ1v) is 6.00. The molecular formula is C12H12N4S2. The topological polar surface area (TPSA) is 19.7 Å². The van der Waals surface area contributed by atoms with Crippen molar-refractivity contribution in [3.05, 3.63) is 47.5 Å². The maximum Gasteiger partial charge on any atom is 0.188 e. The highest BCUT2D eigenvalue weighted by Gasteiger charge is 1.95. The fraction of sp³-hybridized carbons (Fsp3) is 0. The van der Waals surface area contributed by atoms with Gasteiger partial charge in [0.15, 0.2) is 9.54 Å². The first kappa shape index (κ1) is 12.5. The highest BCUT2D eigenvalue weighted by Crippen LogP contribution is 2.02. The zero-order valence-electron chi connectivity index (χ0n) is 9.64. The molecule has 92 valence electrons. The lowest BCUT2D eigenvalue weighted by Gasteiger charge is -1.95. The van der Waals surface area contributed by atoms with E-state index < -0.39 is 0 Å². The Labute approximate surface area is 115 Å². The second-order valence-electron chi connectivity index (χ2n) is 3.45. The van der Waals surface area contributed by atoms with Gasteiger partial charge in [0.25, 0.3) is 0 Å². The van der Waals surface area contributed by atoms with E-state index in [1.165, 1.54) is 0 Å². The molecule has 0 saturated carbocycles. The fourth-order valence-corrected chi connectivity index (χ4v) is 1.97. The summed E-state index contributed by atoms with van der Waals surface area (Å²) < 4.78 is 8.43. The Bertz CT molecular complexity index is 662. The number of aromatic nitrogens is 4. The summed E-state index contributed by atoms with van der Waals surface area (Å²) in [6, 6.07) is 0. The smallest absolute Gasteiger partial charge is 0.188 e. The molecule has 0 spiro atoms. The van der Waals surface area contributed by atoms with Crippen molar-refractivity contribution in [3.8, 4) is 0 Å². The van der Waals surface area contributed by atoms with Crippen molar-refractivity contribution in [2.45, 2.75) is 0 Å². The van der Waals surface area contributed by atoms with Crippen molar-refractivity contribution in [2.24, 2.45) is 0 Å². The van der Waals surface area contributed by atoms with E-state index >= 15 is 0 Å². The first-order valence-electron chi connectivity index (χ1n) is 5.18. The summed E-state index contributed by atoms with van der Waals surface area (Å²) in [7, 11) is 0. The predicted molar refractivity (Wildman–Crippen MR) is 80.8 cm³/mol. The Kier molecular flexibility index (Phi) is 3.59. The molecule has 0 unspecified atom stereocenters. The van der Waals surface area contributed by atoms with E-state index in [1.807, 2.05) is 46.3 Å². The molecule has 0 fully saturated rings. The maximum absolute atomic E-state index is 5.25. The Hall–Kier alpha value is -1.92. The summed E-state index contributed by atoms with van der Waals surface area (Å²) in [4.78, 5) is 0. The normalized spacial score (nSPS) is 10.9. The lowest BCUT2D eigenvalue weighted by atomic mass is 10.8. The molecule has 2 heterocycles. The molecule has 0 aliphatic carbocycles. The average Bonchev–Trinajstić information content (AvgIpc) is 2.90. The Morgan fingerprint density at radius 1 is 0.722 bits per heavy atom. The van der Waals surface area contributed by atoms with E-state index in [-0.39, 0.29) is 0 Å². The van der Waals surface area contributed by atoms with E-state index in [2.05, 4.69) is 13.2 Å². The van der Waals surface area contributed by atoms with Crippen molar-refractivity contribution in [2.75, 3.05) is 0 Å². The van der Waals surface area contributed by atoms with Crippen LogP contribution in [0, 0.1) is 9.54 Å². The molecule has 0 radical (unpaired) electrons. The molecular weight excluding hydrogens is 264 g/mol. The Balaban J connectivity index is 2.35. The third-order valence-corrected chi connectivity index (χ3v) is 3.28. The van der Waals surface area contributed by atoms with Gasteiger partial charge in [-0.25, -0.2) is 0 Å². The minimum Gasteiger partial charge on any atom is -0.300 e. The third-order valence-electron chi connectivity index (χ3n) is 2.44. The predicted octanol–water partition coefficient (Wildman–Crippen LogP) is 3.64. The standard InChI is InChI=1S/C12H12N4S2/c1-3-13-5-7-15(11(13)17)9-10-16-8-6-14(4-2)12(16)18/h3-10H,1-2H2/b10-9+. The van der Waals surface area contributed by atoms with Crippen molar-refractivity contribution < 1.29 is 0 Å². The largest absolute Gasteiger partial charge is 0.300 e. The highest BCUT2D eigenvalue weighted by molar-refractivity contribution is 7.71. The van der Waals surface area contributed by atoms with Gasteiger partial charge in [0.2, 0.25) is 0 Å². The summed E-state index contributed by atoms with van der Waals surface area (Å²) >= 11 is 10.5. The third kappa shape index (κ3) is 2.20. The van der Waals surface area contributed by atoms with Crippen LogP contribution in [-0.4, -0.2) is 18.3 Å². The molecule has 2 aromatic rings. The minimum absolute atomic E-state index is 0.649. The molecule has 0 aromatic carbocycles. The quantitative estimate of drug-likeness (QED) is 0.794. The van der Waals surface area contributed by atoms with Crippen LogP contribution in [0.5, 0.6) is 0 Å². The van der Waals surface area contributed by atoms with Crippen LogP contribution in [0.3, 0.4) is 0 Å². The maximum atomic E-state index is 5.25. The highest BCUT2D eigenvalue weighted by atomic mass is 32.1. The Morgan fingerprint density at radius 2 is 1.06 bits per heavy atom. The molecule has 2 aromatic heterocycles. The van der Waals surface area contributed by atoms with Gasteiger partial charge in [-0.2, -0.15) is 0 Å². The first-order chi connectivity index (χ1) is 8.67. The van der Waals surface area contributed by atoms with Gasteiger partial charge in [0, 0.05) is 49.6 Å². The van der Waals surface area contributed by atoms with Crippen LogP contribution in [0.4, 0.5) is 0 Å². The Morgan fingerprint density at radius 3 is 1.33 bits per heavy atom. The van der Waals surface area contributed by atoms with Gasteiger partial charge in [0.1, 0.15) is 0 Å². The van der Waals surface area contributed by atoms with Gasteiger partial charge in [-0.1, -0.05) is 13.2 Å². The molecule has 2 rings (SSSR count). The summed E-state index contributed by atoms with van der Waals surface area (Å²) in [5, 5.41) is 0. The summed E-state index contributed by atoms with van der Waals surface area (Å²) in [6.07, 6.45) is 14.4. The van der Waals surface area contributed by atoms with Crippen LogP contribution < -0.4 is 0 Å². The van der Waals surface area contributed by atoms with Crippen molar-refractivity contribution in [1.82, 2.24) is 18.3 Å². The lowest BCUT2D eigenvalue weighted by molar-refractivity contribution is 1.01. The molecule has 0 N–H and O–H groups in total. The second-order valence-corrected chi connectivity index (χ2v) is 4.18. The monoisotopic (exact) mass is 276 g/mol. The SMILES string of the molecule is C=Cn1ccn(/C=C/n2ccn(C=C)c2=S)c1=S. The fourth-order valence-electron chi connectivity index (χ4n) is 1.46. The van der Waals surface area contributed by atoms with Crippen molar-refractivity contribution in [1.29, 1.82) is 0 Å². The van der Waals surface area contributed by atoms with Gasteiger partial charge in [-0.15, -0.1) is 0 Å². The summed E-state index contributed by atoms with van der Waals surface area (Å²) in [5.74, 6) is 0. The number of hydrogen-bond acceptors (Lipinski definition) is 2. The summed E-state index contributed by atoms with van der Waals surface area (Å²) in [5.41, 5.74) is 0. The van der Waals surface area contributed by atoms with E-state index in [0.717, 1.165) is 0 Å². The van der Waals surface area contributed by atoms with Crippen LogP contribution in [0.2, 0.25) is 0 Å². The van der Waals surface area contributed by atoms with E-state index in [9.17, 15) is 0 Å². The number of hydrogen-bond donors (Lipinski definition) is 0. The lowest BCUT2D eigenvalue weighted by Crippen LogP contribution is -1.91. The van der Waals surface area contributed by atoms with Gasteiger partial charge >= 0.3 is 0 Å². The van der Waals surface area contributed by atoms with E-state index in [0.29, 0.717) is 9.54 Å². The van der Waals surface area contributed by atoms with Gasteiger partial charge < -0.3 is 0 Å². The molecule has 0 atom stereocenters. The van der Waals surface area contributed by atoms with Crippen molar-refractivity contribution >= 4 is 49.2 Å². The zero-order valence-corrected chi connectivity index (χ0v) is 11.3. The van der Waals surface area contributed by atoms with Crippen LogP contribution in [0.25, 0.3) is 24.8 Å². The molecule has 6 heteroatoms. The van der Waals surface area contributed by atoms with Gasteiger partial charge in [-0.3, -0.25) is 18.3 Å². The zero-order chi connectivity index (χ0) is 13.1. The van der Waals surface area contributed by atoms with E-state index in [4.69, 9.17) is 24.4 Å². The number of imidazole rings is 2. The molecule has 0 aliphatic rings. The molecule has 0 amide bonds. The van der Waals surface area contributed by atoms with Crippen molar-refractivity contribution in [3.63, 3.8) is 0 Å². The van der Waals surface area contributed by atoms with E-state index in [1.54, 1.807) is 21.5 Å². The van der Waals surface area contributed by atoms with Crippen LogP contribution >= 0.6 is 24.4 Å². The number of nitrogens with zero attached hydrogens (tertiary/aromatic N) is 4. The van der Waals surface area contributed by atoms with Crippen LogP contribution in [-0.2, 0) is 0 Å². The molecule has 4 nitrogen and oxygen atoms in total. The molecule has 0 saturated heterocycles. The van der Waals surface area contributed by atoms with Crippen LogP contribution in [0.1, 0.15) is 0 Å². The molecule has 0 bridgehead atoms. The molecule has 0 aliphatic heterocycles.